The number of nitrogens with zero attached hydrogens (tertiary/aromatic N) is 2. The maximum Gasteiger partial charge on any atom is 0.337 e. The van der Waals surface area contributed by atoms with Gasteiger partial charge in [0.1, 0.15) is 0 Å². The summed E-state index contributed by atoms with van der Waals surface area (Å²) in [6, 6.07) is 16.7. The van der Waals surface area contributed by atoms with Crippen molar-refractivity contribution in [1.29, 1.82) is 0 Å². The fraction of sp³-hybridized carbons (Fsp3) is 0.190. The Bertz CT molecular complexity index is 981. The predicted octanol–water partition coefficient (Wildman–Crippen LogP) is 2.98. The zero-order valence-corrected chi connectivity index (χ0v) is 14.9. The molecule has 0 radical (unpaired) electrons. The predicted molar refractivity (Wildman–Crippen MR) is 99.4 cm³/mol. The van der Waals surface area contributed by atoms with Crippen LogP contribution in [0.15, 0.2) is 60.9 Å². The Balaban J connectivity index is 1.65. The number of carbonyl (C=O) groups excluding carboxylic acids is 2. The molecule has 2 heterocycles. The number of hydrogen-bond donors (Lipinski definition) is 1. The molecule has 136 valence electrons. The van der Waals surface area contributed by atoms with Crippen molar-refractivity contribution in [1.82, 2.24) is 14.9 Å². The first-order valence-electron chi connectivity index (χ1n) is 8.72. The minimum absolute atomic E-state index is 0.00828. The maximum atomic E-state index is 13.1. The highest BCUT2D eigenvalue weighted by Gasteiger charge is 2.31. The van der Waals surface area contributed by atoms with Crippen molar-refractivity contribution in [3.8, 4) is 0 Å². The fourth-order valence-electron chi connectivity index (χ4n) is 3.50. The Kier molecular flexibility index (Phi) is 4.46. The van der Waals surface area contributed by atoms with Gasteiger partial charge in [-0.1, -0.05) is 36.4 Å². The number of ether oxygens (including phenoxy) is 1. The summed E-state index contributed by atoms with van der Waals surface area (Å²) in [4.78, 5) is 34.3. The van der Waals surface area contributed by atoms with E-state index in [1.54, 1.807) is 35.5 Å². The Morgan fingerprint density at radius 2 is 1.89 bits per heavy atom. The average Bonchev–Trinajstić information content (AvgIpc) is 3.21. The topological polar surface area (TPSA) is 75.3 Å². The molecule has 1 unspecified atom stereocenters. The second-order valence-electron chi connectivity index (χ2n) is 6.49. The summed E-state index contributed by atoms with van der Waals surface area (Å²) < 4.78 is 4.75. The monoisotopic (exact) mass is 361 g/mol. The molecule has 6 nitrogen and oxygen atoms in total. The molecule has 1 amide bonds. The lowest BCUT2D eigenvalue weighted by Crippen LogP contribution is -2.38. The van der Waals surface area contributed by atoms with E-state index in [0.29, 0.717) is 24.2 Å². The Morgan fingerprint density at radius 1 is 1.11 bits per heavy atom. The van der Waals surface area contributed by atoms with E-state index in [2.05, 4.69) is 22.1 Å². The molecule has 0 spiro atoms. The summed E-state index contributed by atoms with van der Waals surface area (Å²) in [5, 5.41) is 0. The van der Waals surface area contributed by atoms with Gasteiger partial charge in [0, 0.05) is 18.0 Å². The standard InChI is InChI=1S/C21H19N3O3/c1-27-21(26)16-9-5-8-15(10-16)20(25)24-11-17(14-6-3-2-4-7-14)19-18(12-24)22-13-23-19/h2-10,13,17H,11-12H2,1H3,(H,22,23). The molecule has 1 aromatic heterocycles. The molecule has 1 aliphatic heterocycles. The average molecular weight is 361 g/mol. The van der Waals surface area contributed by atoms with E-state index in [9.17, 15) is 9.59 Å². The van der Waals surface area contributed by atoms with Crippen LogP contribution in [-0.4, -0.2) is 40.4 Å². The summed E-state index contributed by atoms with van der Waals surface area (Å²) in [5.74, 6) is -0.572. The molecule has 0 aliphatic carbocycles. The highest BCUT2D eigenvalue weighted by molar-refractivity contribution is 5.98. The second kappa shape index (κ2) is 7.07. The normalized spacial score (nSPS) is 15.9. The van der Waals surface area contributed by atoms with Crippen molar-refractivity contribution in [2.45, 2.75) is 12.5 Å². The first kappa shape index (κ1) is 17.0. The number of hydrogen-bond acceptors (Lipinski definition) is 4. The van der Waals surface area contributed by atoms with Gasteiger partial charge in [-0.25, -0.2) is 9.78 Å². The number of aromatic nitrogens is 2. The van der Waals surface area contributed by atoms with Crippen LogP contribution in [0.3, 0.4) is 0 Å². The molecule has 0 fully saturated rings. The highest BCUT2D eigenvalue weighted by Crippen LogP contribution is 2.32. The number of esters is 1. The van der Waals surface area contributed by atoms with E-state index < -0.39 is 5.97 Å². The molecule has 27 heavy (non-hydrogen) atoms. The Morgan fingerprint density at radius 3 is 2.67 bits per heavy atom. The van der Waals surface area contributed by atoms with Gasteiger partial charge in [0.2, 0.25) is 0 Å². The molecule has 4 rings (SSSR count). The lowest BCUT2D eigenvalue weighted by molar-refractivity contribution is 0.0600. The first-order chi connectivity index (χ1) is 13.2. The summed E-state index contributed by atoms with van der Waals surface area (Å²) >= 11 is 0. The summed E-state index contributed by atoms with van der Waals surface area (Å²) in [6.07, 6.45) is 1.67. The number of aromatic amines is 1. The van der Waals surface area contributed by atoms with Gasteiger partial charge in [0.15, 0.2) is 0 Å². The van der Waals surface area contributed by atoms with E-state index in [1.807, 2.05) is 18.2 Å². The van der Waals surface area contributed by atoms with Gasteiger partial charge in [-0.05, 0) is 23.8 Å². The largest absolute Gasteiger partial charge is 0.465 e. The van der Waals surface area contributed by atoms with Crippen LogP contribution in [0.2, 0.25) is 0 Å². The molecule has 0 saturated carbocycles. The molecule has 1 atom stereocenters. The van der Waals surface area contributed by atoms with Gasteiger partial charge >= 0.3 is 5.97 Å². The zero-order chi connectivity index (χ0) is 18.8. The molecule has 1 N–H and O–H groups in total. The SMILES string of the molecule is COC(=O)c1cccc(C(=O)N2Cc3[nH]cnc3C(c3ccccc3)C2)c1. The van der Waals surface area contributed by atoms with E-state index in [4.69, 9.17) is 4.74 Å². The van der Waals surface area contributed by atoms with E-state index in [-0.39, 0.29) is 11.8 Å². The number of H-pyrrole nitrogens is 1. The number of carbonyl (C=O) groups is 2. The molecule has 6 heteroatoms. The van der Waals surface area contributed by atoms with Crippen LogP contribution < -0.4 is 0 Å². The lowest BCUT2D eigenvalue weighted by Gasteiger charge is -2.32. The van der Waals surface area contributed by atoms with Crippen molar-refractivity contribution in [2.24, 2.45) is 0 Å². The van der Waals surface area contributed by atoms with Gasteiger partial charge < -0.3 is 14.6 Å². The van der Waals surface area contributed by atoms with Crippen LogP contribution in [0.5, 0.6) is 0 Å². The van der Waals surface area contributed by atoms with Crippen LogP contribution in [0, 0.1) is 0 Å². The second-order valence-corrected chi connectivity index (χ2v) is 6.49. The van der Waals surface area contributed by atoms with Crippen LogP contribution in [0.1, 0.15) is 43.6 Å². The molecule has 0 bridgehead atoms. The van der Waals surface area contributed by atoms with E-state index in [1.165, 1.54) is 7.11 Å². The third-order valence-electron chi connectivity index (χ3n) is 4.85. The van der Waals surface area contributed by atoms with Crippen molar-refractivity contribution < 1.29 is 14.3 Å². The quantitative estimate of drug-likeness (QED) is 0.728. The van der Waals surface area contributed by atoms with Crippen molar-refractivity contribution in [3.63, 3.8) is 0 Å². The van der Waals surface area contributed by atoms with Crippen molar-refractivity contribution >= 4 is 11.9 Å². The third-order valence-corrected chi connectivity index (χ3v) is 4.85. The van der Waals surface area contributed by atoms with E-state index in [0.717, 1.165) is 17.0 Å². The highest BCUT2D eigenvalue weighted by atomic mass is 16.5. The fourth-order valence-corrected chi connectivity index (χ4v) is 3.50. The summed E-state index contributed by atoms with van der Waals surface area (Å²) in [7, 11) is 1.33. The summed E-state index contributed by atoms with van der Waals surface area (Å²) in [5.41, 5.74) is 3.86. The number of benzene rings is 2. The van der Waals surface area contributed by atoms with Gasteiger partial charge in [-0.15, -0.1) is 0 Å². The number of methoxy groups -OCH3 is 1. The number of rotatable bonds is 3. The number of fused-ring (bicyclic) bond motifs is 1. The molecule has 2 aromatic carbocycles. The smallest absolute Gasteiger partial charge is 0.337 e. The van der Waals surface area contributed by atoms with Gasteiger partial charge in [0.25, 0.3) is 5.91 Å². The lowest BCUT2D eigenvalue weighted by atomic mass is 9.90. The number of imidazole rings is 1. The van der Waals surface area contributed by atoms with Crippen LogP contribution >= 0.6 is 0 Å². The maximum absolute atomic E-state index is 13.1. The van der Waals surface area contributed by atoms with Crippen LogP contribution in [0.25, 0.3) is 0 Å². The zero-order valence-electron chi connectivity index (χ0n) is 14.9. The van der Waals surface area contributed by atoms with Gasteiger partial charge in [-0.3, -0.25) is 4.79 Å². The molecular weight excluding hydrogens is 342 g/mol. The van der Waals surface area contributed by atoms with Crippen LogP contribution in [0.4, 0.5) is 0 Å². The molecule has 0 saturated heterocycles. The van der Waals surface area contributed by atoms with Crippen LogP contribution in [-0.2, 0) is 11.3 Å². The third kappa shape index (κ3) is 3.21. The van der Waals surface area contributed by atoms with Gasteiger partial charge in [0.05, 0.1) is 36.9 Å². The first-order valence-corrected chi connectivity index (χ1v) is 8.72. The van der Waals surface area contributed by atoms with Crippen molar-refractivity contribution in [3.05, 3.63) is 89.0 Å². The summed E-state index contributed by atoms with van der Waals surface area (Å²) in [6.45, 7) is 0.989. The van der Waals surface area contributed by atoms with Crippen molar-refractivity contribution in [2.75, 3.05) is 13.7 Å². The minimum atomic E-state index is -0.457. The minimum Gasteiger partial charge on any atom is -0.465 e. The molecule has 3 aromatic rings. The Labute approximate surface area is 156 Å². The van der Waals surface area contributed by atoms with Gasteiger partial charge in [-0.2, -0.15) is 0 Å². The molecular formula is C21H19N3O3. The molecule has 1 aliphatic rings. The van der Waals surface area contributed by atoms with E-state index >= 15 is 0 Å². The number of amides is 1. The number of nitrogens with one attached hydrogen (secondary N) is 1. The Hall–Kier alpha value is -3.41.